The molecule has 2 aliphatic carbocycles. The highest BCUT2D eigenvalue weighted by molar-refractivity contribution is 6.01. The number of aryl methyl sites for hydroxylation is 1. The fourth-order valence-electron chi connectivity index (χ4n) is 4.94. The highest BCUT2D eigenvalue weighted by atomic mass is 19.1. The van der Waals surface area contributed by atoms with E-state index in [1.54, 1.807) is 6.92 Å². The summed E-state index contributed by atoms with van der Waals surface area (Å²) in [4.78, 5) is 26.2. The quantitative estimate of drug-likeness (QED) is 0.674. The van der Waals surface area contributed by atoms with E-state index in [1.807, 2.05) is 4.90 Å². The van der Waals surface area contributed by atoms with Crippen molar-refractivity contribution in [2.45, 2.75) is 44.4 Å². The molecule has 9 heteroatoms. The Labute approximate surface area is 164 Å². The topological polar surface area (TPSA) is 115 Å². The third kappa shape index (κ3) is 2.43. The summed E-state index contributed by atoms with van der Waals surface area (Å²) in [6.07, 6.45) is 1.98. The number of pyridine rings is 1. The SMILES string of the molecule is Cc1c(N2CCC3(CC3N)C2)c(F)c(N)c2c(=O)c(C(=O)O)cn(C3CC3F)c12. The van der Waals surface area contributed by atoms with Gasteiger partial charge in [0.2, 0.25) is 5.43 Å². The Morgan fingerprint density at radius 2 is 2.07 bits per heavy atom. The Hall–Kier alpha value is -2.68. The molecular formula is C20H22F2N4O3. The molecular weight excluding hydrogens is 382 g/mol. The van der Waals surface area contributed by atoms with Crippen molar-refractivity contribution < 1.29 is 18.7 Å². The van der Waals surface area contributed by atoms with Gasteiger partial charge in [-0.25, -0.2) is 13.6 Å². The lowest BCUT2D eigenvalue weighted by molar-refractivity contribution is 0.0694. The number of halogens is 2. The lowest BCUT2D eigenvalue weighted by atomic mass is 10.0. The Balaban J connectivity index is 1.78. The van der Waals surface area contributed by atoms with Crippen LogP contribution in [0.3, 0.4) is 0 Å². The van der Waals surface area contributed by atoms with E-state index in [0.29, 0.717) is 29.9 Å². The maximum absolute atomic E-state index is 15.4. The second kappa shape index (κ2) is 5.69. The van der Waals surface area contributed by atoms with Gasteiger partial charge in [-0.3, -0.25) is 4.79 Å². The van der Waals surface area contributed by atoms with Gasteiger partial charge >= 0.3 is 5.97 Å². The number of anilines is 2. The molecule has 2 aromatic rings. The number of nitrogen functional groups attached to an aromatic ring is 1. The number of benzene rings is 1. The van der Waals surface area contributed by atoms with E-state index in [0.717, 1.165) is 19.0 Å². The molecule has 3 aliphatic rings. The molecule has 29 heavy (non-hydrogen) atoms. The minimum atomic E-state index is -1.45. The van der Waals surface area contributed by atoms with Crippen LogP contribution in [0.1, 0.15) is 41.2 Å². The van der Waals surface area contributed by atoms with Crippen molar-refractivity contribution in [2.24, 2.45) is 11.1 Å². The summed E-state index contributed by atoms with van der Waals surface area (Å²) >= 11 is 0. The predicted octanol–water partition coefficient (Wildman–Crippen LogP) is 1.94. The molecule has 0 amide bonds. The van der Waals surface area contributed by atoms with Gasteiger partial charge in [-0.1, -0.05) is 0 Å². The molecule has 2 saturated carbocycles. The molecule has 5 rings (SSSR count). The number of fused-ring (bicyclic) bond motifs is 1. The largest absolute Gasteiger partial charge is 0.477 e. The summed E-state index contributed by atoms with van der Waals surface area (Å²) in [5.74, 6) is -2.19. The molecule has 4 unspecified atom stereocenters. The smallest absolute Gasteiger partial charge is 0.341 e. The summed E-state index contributed by atoms with van der Waals surface area (Å²) in [6, 6.07) is -0.488. The lowest BCUT2D eigenvalue weighted by Crippen LogP contribution is -2.27. The van der Waals surface area contributed by atoms with E-state index in [-0.39, 0.29) is 29.0 Å². The monoisotopic (exact) mass is 404 g/mol. The second-order valence-electron chi connectivity index (χ2n) is 8.67. The Morgan fingerprint density at radius 3 is 2.59 bits per heavy atom. The first-order valence-electron chi connectivity index (χ1n) is 9.70. The molecule has 154 valence electrons. The third-order valence-electron chi connectivity index (χ3n) is 6.88. The van der Waals surface area contributed by atoms with Crippen LogP contribution in [0.15, 0.2) is 11.0 Å². The first-order chi connectivity index (χ1) is 13.7. The van der Waals surface area contributed by atoms with Gasteiger partial charge in [-0.05, 0) is 25.3 Å². The normalized spacial score (nSPS) is 30.3. The fraction of sp³-hybridized carbons (Fsp3) is 0.500. The van der Waals surface area contributed by atoms with Gasteiger partial charge in [-0.2, -0.15) is 0 Å². The first-order valence-corrected chi connectivity index (χ1v) is 9.70. The van der Waals surface area contributed by atoms with Crippen LogP contribution < -0.4 is 21.8 Å². The number of aromatic carboxylic acids is 1. The third-order valence-corrected chi connectivity index (χ3v) is 6.88. The Kier molecular flexibility index (Phi) is 3.60. The van der Waals surface area contributed by atoms with Crippen molar-refractivity contribution in [2.75, 3.05) is 23.7 Å². The molecule has 2 heterocycles. The van der Waals surface area contributed by atoms with Gasteiger partial charge in [0.25, 0.3) is 0 Å². The minimum absolute atomic E-state index is 0.00401. The summed E-state index contributed by atoms with van der Waals surface area (Å²) in [7, 11) is 0. The van der Waals surface area contributed by atoms with Gasteiger partial charge in [0, 0.05) is 37.2 Å². The second-order valence-corrected chi connectivity index (χ2v) is 8.67. The zero-order valence-electron chi connectivity index (χ0n) is 15.9. The van der Waals surface area contributed by atoms with Crippen molar-refractivity contribution in [3.05, 3.63) is 33.4 Å². The number of nitrogens with zero attached hydrogens (tertiary/aromatic N) is 2. The average Bonchev–Trinajstić information content (AvgIpc) is 3.47. The van der Waals surface area contributed by atoms with Crippen LogP contribution >= 0.6 is 0 Å². The van der Waals surface area contributed by atoms with Gasteiger partial charge in [-0.15, -0.1) is 0 Å². The van der Waals surface area contributed by atoms with Gasteiger partial charge in [0.15, 0.2) is 5.82 Å². The average molecular weight is 404 g/mol. The lowest BCUT2D eigenvalue weighted by Gasteiger charge is -2.25. The molecule has 1 aromatic carbocycles. The molecule has 7 nitrogen and oxygen atoms in total. The van der Waals surface area contributed by atoms with Gasteiger partial charge < -0.3 is 26.0 Å². The molecule has 0 radical (unpaired) electrons. The van der Waals surface area contributed by atoms with Crippen LogP contribution in [0.4, 0.5) is 20.2 Å². The maximum Gasteiger partial charge on any atom is 0.341 e. The van der Waals surface area contributed by atoms with Gasteiger partial charge in [0.1, 0.15) is 11.7 Å². The maximum atomic E-state index is 15.4. The molecule has 0 bridgehead atoms. The molecule has 1 saturated heterocycles. The van der Waals surface area contributed by atoms with Crippen LogP contribution in [-0.2, 0) is 0 Å². The van der Waals surface area contributed by atoms with E-state index in [9.17, 15) is 19.1 Å². The highest BCUT2D eigenvalue weighted by Gasteiger charge is 2.56. The first kappa shape index (κ1) is 18.4. The molecule has 1 aromatic heterocycles. The van der Waals surface area contributed by atoms with Crippen LogP contribution in [-0.4, -0.2) is 40.9 Å². The van der Waals surface area contributed by atoms with E-state index < -0.39 is 35.0 Å². The fourth-order valence-corrected chi connectivity index (χ4v) is 4.94. The van der Waals surface area contributed by atoms with Crippen LogP contribution in [0.5, 0.6) is 0 Å². The standard InChI is InChI=1S/C20H22F2N4O3/c1-8-16-13(18(27)9(19(28)29)6-26(16)11-4-10(11)21)15(24)14(22)17(8)25-3-2-20(7-25)5-12(20)23/h6,10-12H,2-5,7,23-24H2,1H3,(H,28,29). The number of carbonyl (C=O) groups is 1. The number of carboxylic acid groups (broad SMARTS) is 1. The molecule has 5 N–H and O–H groups in total. The van der Waals surface area contributed by atoms with Crippen molar-refractivity contribution in [1.29, 1.82) is 0 Å². The zero-order valence-corrected chi connectivity index (χ0v) is 15.9. The summed E-state index contributed by atoms with van der Waals surface area (Å²) in [5.41, 5.74) is 11.4. The van der Waals surface area contributed by atoms with Crippen LogP contribution in [0.25, 0.3) is 10.9 Å². The molecule has 3 fully saturated rings. The van der Waals surface area contributed by atoms with Gasteiger partial charge in [0.05, 0.1) is 28.3 Å². The van der Waals surface area contributed by atoms with E-state index in [1.165, 1.54) is 4.57 Å². The predicted molar refractivity (Wildman–Crippen MR) is 105 cm³/mol. The van der Waals surface area contributed by atoms with Crippen LogP contribution in [0, 0.1) is 18.2 Å². The van der Waals surface area contributed by atoms with E-state index >= 15 is 4.39 Å². The van der Waals surface area contributed by atoms with Crippen molar-refractivity contribution in [3.63, 3.8) is 0 Å². The Bertz CT molecular complexity index is 1150. The number of nitrogens with two attached hydrogens (primary N) is 2. The van der Waals surface area contributed by atoms with Crippen molar-refractivity contribution in [3.8, 4) is 0 Å². The molecule has 1 spiro atoms. The number of hydrogen-bond donors (Lipinski definition) is 3. The summed E-state index contributed by atoms with van der Waals surface area (Å²) in [5, 5.41) is 9.21. The zero-order chi connectivity index (χ0) is 20.8. The van der Waals surface area contributed by atoms with E-state index in [4.69, 9.17) is 11.5 Å². The number of aromatic nitrogens is 1. The Morgan fingerprint density at radius 1 is 1.41 bits per heavy atom. The summed E-state index contributed by atoms with van der Waals surface area (Å²) < 4.78 is 30.7. The number of hydrogen-bond acceptors (Lipinski definition) is 5. The molecule has 1 aliphatic heterocycles. The van der Waals surface area contributed by atoms with Crippen molar-refractivity contribution in [1.82, 2.24) is 4.57 Å². The molecule has 4 atom stereocenters. The van der Waals surface area contributed by atoms with E-state index in [2.05, 4.69) is 0 Å². The highest BCUT2D eigenvalue weighted by Crippen LogP contribution is 2.53. The minimum Gasteiger partial charge on any atom is -0.477 e. The van der Waals surface area contributed by atoms with Crippen LogP contribution in [0.2, 0.25) is 0 Å². The van der Waals surface area contributed by atoms with Crippen molar-refractivity contribution >= 4 is 28.2 Å². The number of rotatable bonds is 3. The summed E-state index contributed by atoms with van der Waals surface area (Å²) in [6.45, 7) is 2.89. The number of alkyl halides is 1. The number of carboxylic acids is 1.